The van der Waals surface area contributed by atoms with Crippen molar-refractivity contribution < 1.29 is 9.90 Å². The first-order chi connectivity index (χ1) is 9.91. The summed E-state index contributed by atoms with van der Waals surface area (Å²) >= 11 is 0. The summed E-state index contributed by atoms with van der Waals surface area (Å²) in [4.78, 5) is 13.5. The maximum Gasteiger partial charge on any atom is 0.358 e. The van der Waals surface area contributed by atoms with Crippen molar-refractivity contribution in [3.63, 3.8) is 0 Å². The van der Waals surface area contributed by atoms with Gasteiger partial charge in [0.25, 0.3) is 0 Å². The Bertz CT molecular complexity index is 655. The lowest BCUT2D eigenvalue weighted by Crippen LogP contribution is -2.32. The van der Waals surface area contributed by atoms with Crippen LogP contribution in [0.1, 0.15) is 37.7 Å². The molecule has 2 rings (SSSR count). The molecule has 5 heteroatoms. The number of hydrogen-bond donors (Lipinski definition) is 1. The van der Waals surface area contributed by atoms with E-state index in [1.54, 1.807) is 0 Å². The molecule has 21 heavy (non-hydrogen) atoms. The molecule has 1 atom stereocenters. The molecule has 0 saturated heterocycles. The minimum Gasteiger partial charge on any atom is -0.476 e. The standard InChI is InChI=1S/C16H21N3O2/c1-10(2)9-11(3)19(4)15-12-7-5-6-8-13(12)17-18-14(15)16(20)21/h5-8,10-11H,9H2,1-4H3,(H,20,21). The lowest BCUT2D eigenvalue weighted by molar-refractivity contribution is 0.0690. The van der Waals surface area contributed by atoms with E-state index < -0.39 is 5.97 Å². The normalized spacial score (nSPS) is 12.6. The van der Waals surface area contributed by atoms with Crippen molar-refractivity contribution in [2.24, 2.45) is 5.92 Å². The van der Waals surface area contributed by atoms with Crippen LogP contribution in [0.4, 0.5) is 5.69 Å². The average molecular weight is 287 g/mol. The fraction of sp³-hybridized carbons (Fsp3) is 0.438. The average Bonchev–Trinajstić information content (AvgIpc) is 2.44. The summed E-state index contributed by atoms with van der Waals surface area (Å²) in [6, 6.07) is 7.72. The van der Waals surface area contributed by atoms with Crippen LogP contribution in [0, 0.1) is 5.92 Å². The van der Waals surface area contributed by atoms with Gasteiger partial charge in [0.05, 0.1) is 11.2 Å². The number of carbonyl (C=O) groups is 1. The highest BCUT2D eigenvalue weighted by molar-refractivity contribution is 6.02. The van der Waals surface area contributed by atoms with Crippen LogP contribution < -0.4 is 4.90 Å². The second-order valence-corrected chi connectivity index (χ2v) is 5.81. The van der Waals surface area contributed by atoms with Gasteiger partial charge in [-0.1, -0.05) is 32.0 Å². The van der Waals surface area contributed by atoms with E-state index in [1.807, 2.05) is 36.2 Å². The molecular formula is C16H21N3O2. The number of benzene rings is 1. The van der Waals surface area contributed by atoms with Crippen LogP contribution in [0.25, 0.3) is 10.9 Å². The topological polar surface area (TPSA) is 66.3 Å². The molecule has 112 valence electrons. The zero-order chi connectivity index (χ0) is 15.6. The van der Waals surface area contributed by atoms with Crippen molar-refractivity contribution in [3.05, 3.63) is 30.0 Å². The summed E-state index contributed by atoms with van der Waals surface area (Å²) < 4.78 is 0. The highest BCUT2D eigenvalue weighted by Gasteiger charge is 2.23. The van der Waals surface area contributed by atoms with Gasteiger partial charge in [0.1, 0.15) is 0 Å². The number of fused-ring (bicyclic) bond motifs is 1. The number of anilines is 1. The number of hydrogen-bond acceptors (Lipinski definition) is 4. The predicted molar refractivity (Wildman–Crippen MR) is 83.8 cm³/mol. The third-order valence-corrected chi connectivity index (χ3v) is 3.67. The van der Waals surface area contributed by atoms with Crippen molar-refractivity contribution in [2.75, 3.05) is 11.9 Å². The van der Waals surface area contributed by atoms with Crippen LogP contribution in [0.5, 0.6) is 0 Å². The van der Waals surface area contributed by atoms with Gasteiger partial charge in [-0.15, -0.1) is 10.2 Å². The van der Waals surface area contributed by atoms with Gasteiger partial charge >= 0.3 is 5.97 Å². The third-order valence-electron chi connectivity index (χ3n) is 3.67. The molecule has 0 fully saturated rings. The molecule has 5 nitrogen and oxygen atoms in total. The first-order valence-corrected chi connectivity index (χ1v) is 7.13. The molecule has 1 N–H and O–H groups in total. The Morgan fingerprint density at radius 2 is 1.90 bits per heavy atom. The Balaban J connectivity index is 2.58. The molecule has 1 heterocycles. The van der Waals surface area contributed by atoms with Gasteiger partial charge < -0.3 is 10.0 Å². The van der Waals surface area contributed by atoms with Gasteiger partial charge in [-0.25, -0.2) is 4.79 Å². The summed E-state index contributed by atoms with van der Waals surface area (Å²) in [5.74, 6) is -0.511. The molecule has 0 aliphatic rings. The van der Waals surface area contributed by atoms with E-state index in [-0.39, 0.29) is 11.7 Å². The Hall–Kier alpha value is -2.17. The lowest BCUT2D eigenvalue weighted by atomic mass is 10.0. The van der Waals surface area contributed by atoms with Gasteiger partial charge in [0.2, 0.25) is 0 Å². The second-order valence-electron chi connectivity index (χ2n) is 5.81. The van der Waals surface area contributed by atoms with Gasteiger partial charge in [-0.3, -0.25) is 0 Å². The van der Waals surface area contributed by atoms with Crippen molar-refractivity contribution in [2.45, 2.75) is 33.2 Å². The summed E-state index contributed by atoms with van der Waals surface area (Å²) in [6.45, 7) is 6.41. The van der Waals surface area contributed by atoms with Crippen LogP contribution in [-0.4, -0.2) is 34.4 Å². The number of aromatic carboxylic acids is 1. The zero-order valence-corrected chi connectivity index (χ0v) is 12.9. The summed E-state index contributed by atoms with van der Waals surface area (Å²) in [6.07, 6.45) is 0.978. The Morgan fingerprint density at radius 3 is 2.52 bits per heavy atom. The minimum atomic E-state index is -1.05. The molecule has 0 aliphatic heterocycles. The van der Waals surface area contributed by atoms with E-state index in [1.165, 1.54) is 0 Å². The molecule has 1 aromatic heterocycles. The van der Waals surface area contributed by atoms with Crippen molar-refractivity contribution in [3.8, 4) is 0 Å². The quantitative estimate of drug-likeness (QED) is 0.914. The SMILES string of the molecule is CC(C)CC(C)N(C)c1c(C(=O)O)nnc2ccccc12. The smallest absolute Gasteiger partial charge is 0.358 e. The fourth-order valence-electron chi connectivity index (χ4n) is 2.60. The van der Waals surface area contributed by atoms with Crippen molar-refractivity contribution in [1.29, 1.82) is 0 Å². The van der Waals surface area contributed by atoms with E-state index >= 15 is 0 Å². The van der Waals surface area contributed by atoms with E-state index in [4.69, 9.17) is 0 Å². The number of rotatable bonds is 5. The molecule has 0 radical (unpaired) electrons. The largest absolute Gasteiger partial charge is 0.476 e. The highest BCUT2D eigenvalue weighted by Crippen LogP contribution is 2.29. The maximum atomic E-state index is 11.5. The minimum absolute atomic E-state index is 0.00630. The molecule has 0 spiro atoms. The first-order valence-electron chi connectivity index (χ1n) is 7.13. The summed E-state index contributed by atoms with van der Waals surface area (Å²) in [5.41, 5.74) is 1.36. The third kappa shape index (κ3) is 3.12. The van der Waals surface area contributed by atoms with Crippen molar-refractivity contribution >= 4 is 22.6 Å². The van der Waals surface area contributed by atoms with Gasteiger partial charge in [0, 0.05) is 18.5 Å². The summed E-state index contributed by atoms with van der Waals surface area (Å²) in [5, 5.41) is 18.1. The molecule has 1 aromatic carbocycles. The Labute approximate surface area is 124 Å². The maximum absolute atomic E-state index is 11.5. The lowest BCUT2D eigenvalue weighted by Gasteiger charge is -2.29. The molecule has 0 saturated carbocycles. The molecule has 0 aliphatic carbocycles. The van der Waals surface area contributed by atoms with Gasteiger partial charge in [0.15, 0.2) is 5.69 Å². The second kappa shape index (κ2) is 6.08. The monoisotopic (exact) mass is 287 g/mol. The number of carboxylic acids is 1. The van der Waals surface area contributed by atoms with Crippen LogP contribution in [0.2, 0.25) is 0 Å². The summed E-state index contributed by atoms with van der Waals surface area (Å²) in [7, 11) is 1.92. The van der Waals surface area contributed by atoms with Crippen LogP contribution in [-0.2, 0) is 0 Å². The first kappa shape index (κ1) is 15.2. The fourth-order valence-corrected chi connectivity index (χ4v) is 2.60. The van der Waals surface area contributed by atoms with Crippen LogP contribution >= 0.6 is 0 Å². The van der Waals surface area contributed by atoms with Crippen molar-refractivity contribution in [1.82, 2.24) is 10.2 Å². The van der Waals surface area contributed by atoms with E-state index in [0.29, 0.717) is 17.1 Å². The molecular weight excluding hydrogens is 266 g/mol. The van der Waals surface area contributed by atoms with Crippen LogP contribution in [0.3, 0.4) is 0 Å². The molecule has 2 aromatic rings. The number of carboxylic acid groups (broad SMARTS) is 1. The number of aromatic nitrogens is 2. The highest BCUT2D eigenvalue weighted by atomic mass is 16.4. The van der Waals surface area contributed by atoms with Crippen LogP contribution in [0.15, 0.2) is 24.3 Å². The van der Waals surface area contributed by atoms with Gasteiger partial charge in [-0.2, -0.15) is 0 Å². The van der Waals surface area contributed by atoms with E-state index in [9.17, 15) is 9.90 Å². The Kier molecular flexibility index (Phi) is 4.40. The van der Waals surface area contributed by atoms with Gasteiger partial charge in [-0.05, 0) is 25.3 Å². The molecule has 0 amide bonds. The molecule has 0 bridgehead atoms. The molecule has 1 unspecified atom stereocenters. The Morgan fingerprint density at radius 1 is 1.24 bits per heavy atom. The zero-order valence-electron chi connectivity index (χ0n) is 12.9. The predicted octanol–water partition coefficient (Wildman–Crippen LogP) is 3.20. The number of nitrogens with zero attached hydrogens (tertiary/aromatic N) is 3. The van der Waals surface area contributed by atoms with E-state index in [0.717, 1.165) is 11.8 Å². The van der Waals surface area contributed by atoms with E-state index in [2.05, 4.69) is 31.0 Å².